The lowest BCUT2D eigenvalue weighted by Crippen LogP contribution is -2.49. The van der Waals surface area contributed by atoms with E-state index >= 15 is 0 Å². The molecule has 22 heavy (non-hydrogen) atoms. The normalized spacial score (nSPS) is 22.6. The Balaban J connectivity index is 1.85. The predicted molar refractivity (Wildman–Crippen MR) is 84.6 cm³/mol. The molecule has 2 fully saturated rings. The largest absolute Gasteiger partial charge is 0.383 e. The van der Waals surface area contributed by atoms with Crippen molar-refractivity contribution in [3.8, 4) is 0 Å². The van der Waals surface area contributed by atoms with Crippen LogP contribution in [-0.4, -0.2) is 67.2 Å². The Labute approximate surface area is 133 Å². The topological polar surface area (TPSA) is 61.9 Å². The van der Waals surface area contributed by atoms with Crippen molar-refractivity contribution in [1.82, 2.24) is 15.1 Å². The molecule has 1 unspecified atom stereocenters. The van der Waals surface area contributed by atoms with Crippen LogP contribution in [0.4, 0.5) is 4.79 Å². The minimum atomic E-state index is -0.0179. The smallest absolute Gasteiger partial charge is 0.317 e. The van der Waals surface area contributed by atoms with Crippen LogP contribution in [0.2, 0.25) is 0 Å². The number of hydrogen-bond donors (Lipinski definition) is 1. The lowest BCUT2D eigenvalue weighted by Gasteiger charge is -2.42. The van der Waals surface area contributed by atoms with Crippen molar-refractivity contribution < 1.29 is 14.3 Å². The van der Waals surface area contributed by atoms with Gasteiger partial charge in [0, 0.05) is 45.8 Å². The molecule has 0 aromatic carbocycles. The molecule has 0 aromatic heterocycles. The second-order valence-electron chi connectivity index (χ2n) is 6.31. The first-order valence-corrected chi connectivity index (χ1v) is 8.44. The van der Waals surface area contributed by atoms with Crippen LogP contribution in [0.25, 0.3) is 0 Å². The van der Waals surface area contributed by atoms with Gasteiger partial charge in [-0.3, -0.25) is 4.79 Å². The van der Waals surface area contributed by atoms with Gasteiger partial charge in [-0.25, -0.2) is 4.79 Å². The molecule has 0 bridgehead atoms. The third kappa shape index (κ3) is 4.35. The summed E-state index contributed by atoms with van der Waals surface area (Å²) in [6.45, 7) is 4.24. The highest BCUT2D eigenvalue weighted by Crippen LogP contribution is 2.30. The van der Waals surface area contributed by atoms with E-state index in [2.05, 4.69) is 10.2 Å². The van der Waals surface area contributed by atoms with E-state index in [1.165, 1.54) is 6.42 Å². The first kappa shape index (κ1) is 17.1. The van der Waals surface area contributed by atoms with Crippen molar-refractivity contribution in [3.05, 3.63) is 0 Å². The Morgan fingerprint density at radius 3 is 2.41 bits per heavy atom. The van der Waals surface area contributed by atoms with Crippen molar-refractivity contribution >= 4 is 11.9 Å². The highest BCUT2D eigenvalue weighted by Gasteiger charge is 2.33. The summed E-state index contributed by atoms with van der Waals surface area (Å²) in [4.78, 5) is 28.1. The van der Waals surface area contributed by atoms with Gasteiger partial charge in [-0.05, 0) is 38.5 Å². The number of likely N-dealkylation sites (tertiary alicyclic amines) is 1. The van der Waals surface area contributed by atoms with Gasteiger partial charge in [0.1, 0.15) is 0 Å². The Kier molecular flexibility index (Phi) is 6.49. The summed E-state index contributed by atoms with van der Waals surface area (Å²) >= 11 is 0. The number of nitrogens with zero attached hydrogens (tertiary/aromatic N) is 2. The molecular weight excluding hydrogens is 282 g/mol. The van der Waals surface area contributed by atoms with Gasteiger partial charge in [0.25, 0.3) is 0 Å². The number of amides is 3. The first-order chi connectivity index (χ1) is 10.6. The number of urea groups is 1. The summed E-state index contributed by atoms with van der Waals surface area (Å²) in [6.07, 6.45) is 6.34. The molecule has 0 aromatic rings. The van der Waals surface area contributed by atoms with Gasteiger partial charge in [0.2, 0.25) is 5.91 Å². The Hall–Kier alpha value is -1.30. The van der Waals surface area contributed by atoms with Crippen LogP contribution >= 0.6 is 0 Å². The number of ether oxygens (including phenoxy) is 1. The van der Waals surface area contributed by atoms with Gasteiger partial charge < -0.3 is 19.9 Å². The van der Waals surface area contributed by atoms with Crippen LogP contribution in [0.3, 0.4) is 0 Å². The molecule has 2 aliphatic rings. The average molecular weight is 311 g/mol. The third-order valence-electron chi connectivity index (χ3n) is 4.79. The highest BCUT2D eigenvalue weighted by molar-refractivity contribution is 5.75. The molecule has 1 saturated heterocycles. The quantitative estimate of drug-likeness (QED) is 0.785. The van der Waals surface area contributed by atoms with Gasteiger partial charge >= 0.3 is 6.03 Å². The third-order valence-corrected chi connectivity index (χ3v) is 4.79. The van der Waals surface area contributed by atoms with E-state index in [9.17, 15) is 9.59 Å². The summed E-state index contributed by atoms with van der Waals surface area (Å²) in [7, 11) is 1.62. The van der Waals surface area contributed by atoms with Gasteiger partial charge in [-0.2, -0.15) is 0 Å². The fourth-order valence-corrected chi connectivity index (χ4v) is 3.41. The SMILES string of the molecule is COCCNC(=O)N1CCCC(N(C(C)=O)C2CCC2)CC1. The maximum atomic E-state index is 12.1. The number of hydrogen-bond acceptors (Lipinski definition) is 3. The van der Waals surface area contributed by atoms with E-state index in [1.807, 2.05) is 4.90 Å². The summed E-state index contributed by atoms with van der Waals surface area (Å²) in [5.41, 5.74) is 0. The summed E-state index contributed by atoms with van der Waals surface area (Å²) in [5.74, 6) is 0.188. The molecule has 1 N–H and O–H groups in total. The maximum Gasteiger partial charge on any atom is 0.317 e. The van der Waals surface area contributed by atoms with E-state index in [1.54, 1.807) is 14.0 Å². The van der Waals surface area contributed by atoms with Crippen LogP contribution in [-0.2, 0) is 9.53 Å². The number of rotatable bonds is 5. The zero-order valence-corrected chi connectivity index (χ0v) is 13.8. The number of methoxy groups -OCH3 is 1. The van der Waals surface area contributed by atoms with Crippen LogP contribution in [0.5, 0.6) is 0 Å². The van der Waals surface area contributed by atoms with E-state index in [4.69, 9.17) is 4.74 Å². The summed E-state index contributed by atoms with van der Waals surface area (Å²) < 4.78 is 4.95. The molecule has 1 heterocycles. The predicted octanol–water partition coefficient (Wildman–Crippen LogP) is 1.60. The van der Waals surface area contributed by atoms with E-state index in [0.29, 0.717) is 25.2 Å². The Morgan fingerprint density at radius 2 is 1.82 bits per heavy atom. The molecule has 1 atom stereocenters. The number of carbonyl (C=O) groups is 2. The lowest BCUT2D eigenvalue weighted by atomic mass is 9.89. The maximum absolute atomic E-state index is 12.1. The average Bonchev–Trinajstić information content (AvgIpc) is 2.68. The van der Waals surface area contributed by atoms with Gasteiger partial charge in [-0.15, -0.1) is 0 Å². The van der Waals surface area contributed by atoms with E-state index < -0.39 is 0 Å². The fraction of sp³-hybridized carbons (Fsp3) is 0.875. The van der Waals surface area contributed by atoms with Crippen molar-refractivity contribution in [2.45, 2.75) is 57.5 Å². The standard InChI is InChI=1S/C16H29N3O3/c1-13(20)19(14-5-3-6-14)15-7-4-10-18(11-8-15)16(21)17-9-12-22-2/h14-15H,3-12H2,1-2H3,(H,17,21). The molecule has 0 radical (unpaired) electrons. The Morgan fingerprint density at radius 1 is 1.14 bits per heavy atom. The van der Waals surface area contributed by atoms with Crippen molar-refractivity contribution in [3.63, 3.8) is 0 Å². The van der Waals surface area contributed by atoms with Crippen LogP contribution in [0.1, 0.15) is 45.4 Å². The molecule has 1 aliphatic heterocycles. The van der Waals surface area contributed by atoms with Crippen LogP contribution in [0.15, 0.2) is 0 Å². The number of carbonyl (C=O) groups excluding carboxylic acids is 2. The molecule has 6 heteroatoms. The van der Waals surface area contributed by atoms with Crippen LogP contribution < -0.4 is 5.32 Å². The van der Waals surface area contributed by atoms with Crippen molar-refractivity contribution in [2.75, 3.05) is 33.4 Å². The molecule has 0 spiro atoms. The number of nitrogens with one attached hydrogen (secondary N) is 1. The zero-order valence-electron chi connectivity index (χ0n) is 13.8. The molecule has 1 aliphatic carbocycles. The fourth-order valence-electron chi connectivity index (χ4n) is 3.41. The van der Waals surface area contributed by atoms with Crippen molar-refractivity contribution in [2.24, 2.45) is 0 Å². The molecule has 3 amide bonds. The second kappa shape index (κ2) is 8.36. The molecule has 6 nitrogen and oxygen atoms in total. The summed E-state index contributed by atoms with van der Waals surface area (Å²) in [5, 5.41) is 2.87. The minimum absolute atomic E-state index is 0.0179. The minimum Gasteiger partial charge on any atom is -0.383 e. The highest BCUT2D eigenvalue weighted by atomic mass is 16.5. The van der Waals surface area contributed by atoms with Gasteiger partial charge in [0.05, 0.1) is 6.61 Å². The zero-order chi connectivity index (χ0) is 15.9. The Bertz CT molecular complexity index is 385. The first-order valence-electron chi connectivity index (χ1n) is 8.44. The molecule has 1 saturated carbocycles. The molecule has 126 valence electrons. The van der Waals surface area contributed by atoms with E-state index in [0.717, 1.165) is 45.2 Å². The van der Waals surface area contributed by atoms with Crippen LogP contribution in [0, 0.1) is 0 Å². The second-order valence-corrected chi connectivity index (χ2v) is 6.31. The van der Waals surface area contributed by atoms with Crippen molar-refractivity contribution in [1.29, 1.82) is 0 Å². The van der Waals surface area contributed by atoms with E-state index in [-0.39, 0.29) is 11.9 Å². The van der Waals surface area contributed by atoms with Gasteiger partial charge in [-0.1, -0.05) is 0 Å². The monoisotopic (exact) mass is 311 g/mol. The summed E-state index contributed by atoms with van der Waals surface area (Å²) in [6, 6.07) is 0.708. The van der Waals surface area contributed by atoms with Gasteiger partial charge in [0.15, 0.2) is 0 Å². The molecule has 2 rings (SSSR count). The molecular formula is C16H29N3O3. The lowest BCUT2D eigenvalue weighted by molar-refractivity contribution is -0.136.